The Morgan fingerprint density at radius 3 is 2.63 bits per heavy atom. The van der Waals surface area contributed by atoms with Crippen molar-refractivity contribution in [3.8, 4) is 5.69 Å². The van der Waals surface area contributed by atoms with E-state index in [9.17, 15) is 18.0 Å². The van der Waals surface area contributed by atoms with E-state index in [0.717, 1.165) is 34.4 Å². The summed E-state index contributed by atoms with van der Waals surface area (Å²) in [7, 11) is 0. The Morgan fingerprint density at radius 1 is 1.11 bits per heavy atom. The molecule has 0 bridgehead atoms. The fourth-order valence-corrected chi connectivity index (χ4v) is 3.45. The maximum absolute atomic E-state index is 13.9. The number of halogens is 4. The van der Waals surface area contributed by atoms with Crippen LogP contribution < -0.4 is 10.9 Å². The second-order valence-electron chi connectivity index (χ2n) is 6.26. The molecule has 1 heterocycles. The molecule has 1 aliphatic rings. The van der Waals surface area contributed by atoms with E-state index in [1.807, 2.05) is 0 Å². The van der Waals surface area contributed by atoms with Gasteiger partial charge in [-0.3, -0.25) is 4.79 Å². The fraction of sp³-hybridized carbons (Fsp3) is 0.158. The number of nitrogens with one attached hydrogen (secondary N) is 1. The Balaban J connectivity index is 1.68. The Morgan fingerprint density at radius 2 is 1.85 bits per heavy atom. The van der Waals surface area contributed by atoms with Crippen molar-refractivity contribution in [2.75, 3.05) is 5.32 Å². The van der Waals surface area contributed by atoms with Crippen LogP contribution in [0.1, 0.15) is 23.6 Å². The second-order valence-corrected chi connectivity index (χ2v) is 6.64. The summed E-state index contributed by atoms with van der Waals surface area (Å²) in [6.07, 6.45) is 2.78. The number of aromatic nitrogens is 2. The van der Waals surface area contributed by atoms with Gasteiger partial charge in [0.2, 0.25) is 0 Å². The molecule has 0 radical (unpaired) electrons. The number of rotatable bonds is 3. The van der Waals surface area contributed by atoms with E-state index >= 15 is 0 Å². The minimum atomic E-state index is -0.929. The quantitative estimate of drug-likeness (QED) is 0.719. The van der Waals surface area contributed by atoms with Crippen molar-refractivity contribution in [1.82, 2.24) is 9.78 Å². The Bertz CT molecular complexity index is 1100. The van der Waals surface area contributed by atoms with Crippen molar-refractivity contribution in [1.29, 1.82) is 0 Å². The molecule has 4 rings (SSSR count). The van der Waals surface area contributed by atoms with Crippen molar-refractivity contribution in [2.45, 2.75) is 18.9 Å². The zero-order valence-corrected chi connectivity index (χ0v) is 14.6. The number of fused-ring (bicyclic) bond motifs is 1. The lowest BCUT2D eigenvalue weighted by Gasteiger charge is -2.17. The minimum Gasteiger partial charge on any atom is -0.376 e. The third-order valence-electron chi connectivity index (χ3n) is 4.57. The molecule has 1 atom stereocenters. The van der Waals surface area contributed by atoms with Gasteiger partial charge in [0.25, 0.3) is 5.56 Å². The van der Waals surface area contributed by atoms with Gasteiger partial charge in [-0.1, -0.05) is 17.7 Å². The summed E-state index contributed by atoms with van der Waals surface area (Å²) in [6.45, 7) is 0. The molecule has 27 heavy (non-hydrogen) atoms. The number of hydrogen-bond donors (Lipinski definition) is 1. The lowest BCUT2D eigenvalue weighted by Crippen LogP contribution is -2.24. The Labute approximate surface area is 157 Å². The molecule has 4 nitrogen and oxygen atoms in total. The maximum atomic E-state index is 13.9. The second kappa shape index (κ2) is 6.74. The summed E-state index contributed by atoms with van der Waals surface area (Å²) in [5, 5.41) is 6.86. The number of nitrogens with zero attached hydrogens (tertiary/aromatic N) is 2. The van der Waals surface area contributed by atoms with E-state index in [2.05, 4.69) is 10.4 Å². The lowest BCUT2D eigenvalue weighted by atomic mass is 10.1. The highest BCUT2D eigenvalue weighted by molar-refractivity contribution is 6.33. The summed E-state index contributed by atoms with van der Waals surface area (Å²) >= 11 is 6.16. The molecule has 0 saturated heterocycles. The molecule has 0 saturated carbocycles. The lowest BCUT2D eigenvalue weighted by molar-refractivity contribution is 0.570. The zero-order chi connectivity index (χ0) is 19.1. The van der Waals surface area contributed by atoms with E-state index in [0.29, 0.717) is 12.5 Å². The summed E-state index contributed by atoms with van der Waals surface area (Å²) in [6, 6.07) is 7.18. The van der Waals surface area contributed by atoms with Crippen molar-refractivity contribution >= 4 is 17.3 Å². The van der Waals surface area contributed by atoms with Gasteiger partial charge in [-0.2, -0.15) is 9.78 Å². The molecule has 8 heteroatoms. The number of benzene rings is 2. The number of hydrogen-bond acceptors (Lipinski definition) is 3. The Hall–Kier alpha value is -2.80. The summed E-state index contributed by atoms with van der Waals surface area (Å²) in [5.41, 5.74) is 1.15. The van der Waals surface area contributed by atoms with Gasteiger partial charge >= 0.3 is 0 Å². The first-order chi connectivity index (χ1) is 12.9. The molecule has 1 unspecified atom stereocenters. The van der Waals surface area contributed by atoms with Gasteiger partial charge in [-0.25, -0.2) is 13.2 Å². The first-order valence-electron chi connectivity index (χ1n) is 8.22. The van der Waals surface area contributed by atoms with Crippen LogP contribution in [-0.2, 0) is 6.42 Å². The Kier molecular flexibility index (Phi) is 4.39. The van der Waals surface area contributed by atoms with Gasteiger partial charge < -0.3 is 5.32 Å². The molecule has 138 valence electrons. The van der Waals surface area contributed by atoms with Crippen LogP contribution in [0.25, 0.3) is 5.69 Å². The SMILES string of the molecule is O=c1c(Cl)c(NC2CCc3ccc(F)cc32)cnn1-c1ccc(F)cc1F. The van der Waals surface area contributed by atoms with E-state index in [4.69, 9.17) is 11.6 Å². The van der Waals surface area contributed by atoms with Crippen LogP contribution in [0.5, 0.6) is 0 Å². The van der Waals surface area contributed by atoms with Crippen molar-refractivity contribution < 1.29 is 13.2 Å². The highest BCUT2D eigenvalue weighted by Crippen LogP contribution is 2.35. The predicted octanol–water partition coefficient (Wildman–Crippen LogP) is 4.40. The van der Waals surface area contributed by atoms with Crippen molar-refractivity contribution in [3.63, 3.8) is 0 Å². The standard InChI is InChI=1S/C19H13ClF3N3O/c20-18-16(25-15-5-2-10-1-3-11(21)7-13(10)15)9-24-26(19(18)27)17-6-4-12(22)8-14(17)23/h1,3-4,6-9,15,25H,2,5H2. The molecule has 0 spiro atoms. The average Bonchev–Trinajstić information content (AvgIpc) is 3.02. The topological polar surface area (TPSA) is 46.9 Å². The first-order valence-corrected chi connectivity index (χ1v) is 8.60. The molecule has 0 amide bonds. The normalized spacial score (nSPS) is 15.6. The van der Waals surface area contributed by atoms with Crippen molar-refractivity contribution in [2.24, 2.45) is 0 Å². The largest absolute Gasteiger partial charge is 0.376 e. The average molecular weight is 392 g/mol. The highest BCUT2D eigenvalue weighted by Gasteiger charge is 2.24. The summed E-state index contributed by atoms with van der Waals surface area (Å²) < 4.78 is 41.3. The molecular formula is C19H13ClF3N3O. The molecule has 0 aliphatic heterocycles. The fourth-order valence-electron chi connectivity index (χ4n) is 3.27. The molecule has 1 aliphatic carbocycles. The zero-order valence-electron chi connectivity index (χ0n) is 13.8. The van der Waals surface area contributed by atoms with Crippen LogP contribution >= 0.6 is 11.6 Å². The van der Waals surface area contributed by atoms with E-state index in [1.54, 1.807) is 6.07 Å². The maximum Gasteiger partial charge on any atom is 0.292 e. The van der Waals surface area contributed by atoms with E-state index in [1.165, 1.54) is 18.3 Å². The van der Waals surface area contributed by atoms with Gasteiger partial charge in [0.05, 0.1) is 17.9 Å². The van der Waals surface area contributed by atoms with Crippen LogP contribution in [-0.4, -0.2) is 9.78 Å². The molecular weight excluding hydrogens is 379 g/mol. The summed E-state index contributed by atoms with van der Waals surface area (Å²) in [5.74, 6) is -2.03. The van der Waals surface area contributed by atoms with Gasteiger partial charge in [-0.05, 0) is 48.2 Å². The first kappa shape index (κ1) is 17.6. The minimum absolute atomic E-state index is 0.182. The monoisotopic (exact) mass is 391 g/mol. The highest BCUT2D eigenvalue weighted by atomic mass is 35.5. The molecule has 1 aromatic heterocycles. The van der Waals surface area contributed by atoms with Crippen LogP contribution in [0, 0.1) is 17.5 Å². The van der Waals surface area contributed by atoms with Crippen molar-refractivity contribution in [3.05, 3.63) is 86.6 Å². The van der Waals surface area contributed by atoms with Crippen LogP contribution in [0.3, 0.4) is 0 Å². The van der Waals surface area contributed by atoms with Gasteiger partial charge in [0.15, 0.2) is 5.82 Å². The number of anilines is 1. The third-order valence-corrected chi connectivity index (χ3v) is 4.94. The van der Waals surface area contributed by atoms with Crippen LogP contribution in [0.15, 0.2) is 47.4 Å². The smallest absolute Gasteiger partial charge is 0.292 e. The van der Waals surface area contributed by atoms with E-state index in [-0.39, 0.29) is 28.3 Å². The number of aryl methyl sites for hydroxylation is 1. The third kappa shape index (κ3) is 3.19. The van der Waals surface area contributed by atoms with Crippen LogP contribution in [0.4, 0.5) is 18.9 Å². The molecule has 2 aromatic carbocycles. The molecule has 0 fully saturated rings. The van der Waals surface area contributed by atoms with Crippen LogP contribution in [0.2, 0.25) is 5.02 Å². The van der Waals surface area contributed by atoms with Gasteiger partial charge in [-0.15, -0.1) is 0 Å². The van der Waals surface area contributed by atoms with Gasteiger partial charge in [0, 0.05) is 6.07 Å². The van der Waals surface area contributed by atoms with E-state index < -0.39 is 17.2 Å². The molecule has 1 N–H and O–H groups in total. The predicted molar refractivity (Wildman–Crippen MR) is 95.8 cm³/mol. The molecule has 3 aromatic rings. The summed E-state index contributed by atoms with van der Waals surface area (Å²) in [4.78, 5) is 12.5. The van der Waals surface area contributed by atoms with Gasteiger partial charge in [0.1, 0.15) is 22.3 Å².